The molecule has 0 unspecified atom stereocenters. The molecule has 1 aromatic heterocycles. The van der Waals surface area contributed by atoms with Crippen LogP contribution in [0.3, 0.4) is 0 Å². The van der Waals surface area contributed by atoms with E-state index in [-0.39, 0.29) is 0 Å². The molecule has 0 spiro atoms. The predicted molar refractivity (Wildman–Crippen MR) is 43.9 cm³/mol. The molecular weight excluding hydrogens is 197 g/mol. The average Bonchev–Trinajstić information content (AvgIpc) is 2.13. The molecule has 1 aromatic rings. The van der Waals surface area contributed by atoms with Crippen LogP contribution in [-0.2, 0) is 0 Å². The maximum absolute atomic E-state index is 5.62. The number of thioether (sulfide) groups is 1. The molecule has 0 radical (unpaired) electrons. The van der Waals surface area contributed by atoms with Crippen molar-refractivity contribution < 1.29 is 0 Å². The lowest BCUT2D eigenvalue weighted by molar-refractivity contribution is 1.26. The van der Waals surface area contributed by atoms with Crippen molar-refractivity contribution in [3.63, 3.8) is 0 Å². The highest BCUT2D eigenvalue weighted by Gasteiger charge is 2.03. The van der Waals surface area contributed by atoms with Gasteiger partial charge in [-0.2, -0.15) is 0 Å². The van der Waals surface area contributed by atoms with Gasteiger partial charge in [-0.3, -0.25) is 0 Å². The summed E-state index contributed by atoms with van der Waals surface area (Å²) in [6, 6.07) is 0. The summed E-state index contributed by atoms with van der Waals surface area (Å²) in [5, 5.41) is 0.408. The van der Waals surface area contributed by atoms with E-state index >= 15 is 0 Å². The highest BCUT2D eigenvalue weighted by atomic mass is 35.5. The van der Waals surface area contributed by atoms with E-state index in [1.807, 2.05) is 6.26 Å². The first kappa shape index (κ1) is 7.66. The molecule has 0 aliphatic rings. The van der Waals surface area contributed by atoms with Gasteiger partial charge in [-0.25, -0.2) is 4.98 Å². The summed E-state index contributed by atoms with van der Waals surface area (Å²) >= 11 is 14.1. The fraction of sp³-hybridized carbons (Fsp3) is 0.250. The minimum atomic E-state index is 0.408. The molecule has 9 heavy (non-hydrogen) atoms. The summed E-state index contributed by atoms with van der Waals surface area (Å²) in [5.74, 6) is 0. The van der Waals surface area contributed by atoms with Crippen LogP contribution < -0.4 is 0 Å². The third-order valence-corrected chi connectivity index (χ3v) is 3.42. The van der Waals surface area contributed by atoms with E-state index in [0.29, 0.717) is 9.49 Å². The third kappa shape index (κ3) is 1.74. The van der Waals surface area contributed by atoms with Crippen LogP contribution in [-0.4, -0.2) is 11.2 Å². The maximum Gasteiger partial charge on any atom is 0.160 e. The van der Waals surface area contributed by atoms with Crippen molar-refractivity contribution in [2.24, 2.45) is 0 Å². The van der Waals surface area contributed by atoms with Crippen LogP contribution in [0.2, 0.25) is 9.49 Å². The number of hydrogen-bond donors (Lipinski definition) is 0. The molecule has 0 aliphatic heterocycles. The van der Waals surface area contributed by atoms with E-state index in [9.17, 15) is 0 Å². The molecule has 50 valence electrons. The van der Waals surface area contributed by atoms with Gasteiger partial charge in [0.2, 0.25) is 0 Å². The van der Waals surface area contributed by atoms with Crippen molar-refractivity contribution in [1.29, 1.82) is 0 Å². The van der Waals surface area contributed by atoms with Gasteiger partial charge in [0, 0.05) is 0 Å². The summed E-state index contributed by atoms with van der Waals surface area (Å²) < 4.78 is 1.48. The summed E-state index contributed by atoms with van der Waals surface area (Å²) in [6.45, 7) is 0. The average molecular weight is 200 g/mol. The van der Waals surface area contributed by atoms with E-state index < -0.39 is 0 Å². The number of aromatic nitrogens is 1. The summed E-state index contributed by atoms with van der Waals surface area (Å²) in [6.07, 6.45) is 1.94. The largest absolute Gasteiger partial charge is 0.216 e. The van der Waals surface area contributed by atoms with E-state index in [1.165, 1.54) is 11.3 Å². The Morgan fingerprint density at radius 1 is 1.56 bits per heavy atom. The molecule has 1 heterocycles. The van der Waals surface area contributed by atoms with Gasteiger partial charge >= 0.3 is 0 Å². The number of hydrogen-bond acceptors (Lipinski definition) is 3. The first-order valence-electron chi connectivity index (χ1n) is 2.10. The lowest BCUT2D eigenvalue weighted by Gasteiger charge is -1.77. The van der Waals surface area contributed by atoms with E-state index in [4.69, 9.17) is 23.2 Å². The topological polar surface area (TPSA) is 12.9 Å². The van der Waals surface area contributed by atoms with Gasteiger partial charge in [-0.15, -0.1) is 0 Å². The molecule has 1 rings (SSSR count). The Morgan fingerprint density at radius 3 is 2.44 bits per heavy atom. The molecule has 0 atom stereocenters. The molecule has 0 N–H and O–H groups in total. The minimum Gasteiger partial charge on any atom is -0.216 e. The van der Waals surface area contributed by atoms with Crippen LogP contribution in [0.4, 0.5) is 0 Å². The Kier molecular flexibility index (Phi) is 2.64. The lowest BCUT2D eigenvalue weighted by atomic mass is 11.0. The second-order valence-corrected chi connectivity index (χ2v) is 4.26. The van der Waals surface area contributed by atoms with Crippen LogP contribution in [0.15, 0.2) is 4.34 Å². The smallest absolute Gasteiger partial charge is 0.160 e. The summed E-state index contributed by atoms with van der Waals surface area (Å²) in [5.41, 5.74) is 0. The second kappa shape index (κ2) is 3.10. The molecule has 0 aliphatic carbocycles. The van der Waals surface area contributed by atoms with Gasteiger partial charge < -0.3 is 0 Å². The van der Waals surface area contributed by atoms with Crippen LogP contribution >= 0.6 is 46.3 Å². The molecule has 0 fully saturated rings. The molecule has 0 saturated carbocycles. The van der Waals surface area contributed by atoms with Crippen molar-refractivity contribution in [1.82, 2.24) is 4.98 Å². The quantitative estimate of drug-likeness (QED) is 0.645. The third-order valence-electron chi connectivity index (χ3n) is 0.703. The zero-order chi connectivity index (χ0) is 6.85. The summed E-state index contributed by atoms with van der Waals surface area (Å²) in [4.78, 5) is 3.94. The SMILES string of the molecule is CSc1nc(Cl)c(Cl)s1. The normalized spacial score (nSPS) is 10.1. The van der Waals surface area contributed by atoms with Gasteiger partial charge in [0.15, 0.2) is 9.49 Å². The lowest BCUT2D eigenvalue weighted by Crippen LogP contribution is -1.62. The number of nitrogens with zero attached hydrogens (tertiary/aromatic N) is 1. The van der Waals surface area contributed by atoms with E-state index in [1.54, 1.807) is 11.8 Å². The molecule has 0 bridgehead atoms. The maximum atomic E-state index is 5.62. The zero-order valence-electron chi connectivity index (χ0n) is 4.52. The van der Waals surface area contributed by atoms with Crippen molar-refractivity contribution in [3.05, 3.63) is 9.49 Å². The van der Waals surface area contributed by atoms with Gasteiger partial charge in [-0.05, 0) is 6.26 Å². The Balaban J connectivity index is 2.98. The fourth-order valence-electron chi connectivity index (χ4n) is 0.353. The van der Waals surface area contributed by atoms with Crippen molar-refractivity contribution in [2.75, 3.05) is 6.26 Å². The molecular formula is C4H3Cl2NS2. The standard InChI is InChI=1S/C4H3Cl2NS2/c1-8-4-7-2(5)3(6)9-4/h1H3. The Hall–Kier alpha value is 0.560. The fourth-order valence-corrected chi connectivity index (χ4v) is 2.24. The van der Waals surface area contributed by atoms with Crippen LogP contribution in [0.25, 0.3) is 0 Å². The van der Waals surface area contributed by atoms with Crippen molar-refractivity contribution in [3.8, 4) is 0 Å². The molecule has 5 heteroatoms. The Morgan fingerprint density at radius 2 is 2.22 bits per heavy atom. The van der Waals surface area contributed by atoms with Crippen LogP contribution in [0.5, 0.6) is 0 Å². The van der Waals surface area contributed by atoms with Crippen LogP contribution in [0.1, 0.15) is 0 Å². The van der Waals surface area contributed by atoms with Gasteiger partial charge in [0.25, 0.3) is 0 Å². The number of rotatable bonds is 1. The summed E-state index contributed by atoms with van der Waals surface area (Å²) in [7, 11) is 0. The van der Waals surface area contributed by atoms with Gasteiger partial charge in [0.1, 0.15) is 4.34 Å². The predicted octanol–water partition coefficient (Wildman–Crippen LogP) is 3.17. The van der Waals surface area contributed by atoms with E-state index in [0.717, 1.165) is 4.34 Å². The monoisotopic (exact) mass is 199 g/mol. The first-order chi connectivity index (χ1) is 4.24. The van der Waals surface area contributed by atoms with E-state index in [2.05, 4.69) is 4.98 Å². The molecule has 1 nitrogen and oxygen atoms in total. The second-order valence-electron chi connectivity index (χ2n) is 1.25. The van der Waals surface area contributed by atoms with Crippen molar-refractivity contribution >= 4 is 46.3 Å². The Bertz CT molecular complexity index is 191. The minimum absolute atomic E-state index is 0.408. The molecule has 0 saturated heterocycles. The number of halogens is 2. The van der Waals surface area contributed by atoms with Crippen LogP contribution in [0, 0.1) is 0 Å². The van der Waals surface area contributed by atoms with Gasteiger partial charge in [0.05, 0.1) is 0 Å². The highest BCUT2D eigenvalue weighted by molar-refractivity contribution is 8.00. The van der Waals surface area contributed by atoms with Crippen molar-refractivity contribution in [2.45, 2.75) is 4.34 Å². The first-order valence-corrected chi connectivity index (χ1v) is 4.89. The zero-order valence-corrected chi connectivity index (χ0v) is 7.66. The van der Waals surface area contributed by atoms with Gasteiger partial charge in [-0.1, -0.05) is 46.3 Å². The molecule has 0 amide bonds. The number of thiazole rings is 1. The Labute approximate surface area is 71.4 Å². The highest BCUT2D eigenvalue weighted by Crippen LogP contribution is 2.32. The molecule has 0 aromatic carbocycles.